The minimum atomic E-state index is -0.887. The van der Waals surface area contributed by atoms with Crippen molar-refractivity contribution in [3.63, 3.8) is 0 Å². The van der Waals surface area contributed by atoms with E-state index in [2.05, 4.69) is 36.3 Å². The van der Waals surface area contributed by atoms with Crippen LogP contribution in [0.1, 0.15) is 43.6 Å². The van der Waals surface area contributed by atoms with Gasteiger partial charge < -0.3 is 10.4 Å². The van der Waals surface area contributed by atoms with E-state index in [-0.39, 0.29) is 11.3 Å². The van der Waals surface area contributed by atoms with E-state index in [0.717, 1.165) is 10.0 Å². The van der Waals surface area contributed by atoms with Gasteiger partial charge in [-0.3, -0.25) is 9.59 Å². The average molecular weight is 297 g/mol. The van der Waals surface area contributed by atoms with Gasteiger partial charge in [0.15, 0.2) is 0 Å². The Labute approximate surface area is 121 Å². The molecule has 2 rings (SSSR count). The maximum Gasteiger partial charge on any atom is 0.307 e. The molecule has 1 aliphatic carbocycles. The fourth-order valence-corrected chi connectivity index (χ4v) is 2.87. The number of amides is 1. The van der Waals surface area contributed by atoms with Crippen LogP contribution < -0.4 is 5.32 Å². The summed E-state index contributed by atoms with van der Waals surface area (Å²) in [5.41, 5.74) is -0.0533. The van der Waals surface area contributed by atoms with Gasteiger partial charge in [-0.15, -0.1) is 10.2 Å². The quantitative estimate of drug-likeness (QED) is 0.880. The highest BCUT2D eigenvalue weighted by Gasteiger charge is 2.41. The summed E-state index contributed by atoms with van der Waals surface area (Å²) < 4.78 is 0. The van der Waals surface area contributed by atoms with E-state index in [9.17, 15) is 9.59 Å². The molecule has 20 heavy (non-hydrogen) atoms. The molecule has 2 unspecified atom stereocenters. The van der Waals surface area contributed by atoms with Crippen molar-refractivity contribution in [2.45, 2.75) is 45.6 Å². The van der Waals surface area contributed by atoms with Gasteiger partial charge in [-0.25, -0.2) is 0 Å². The molecule has 6 nitrogen and oxygen atoms in total. The summed E-state index contributed by atoms with van der Waals surface area (Å²) in [5, 5.41) is 21.5. The number of carbonyl (C=O) groups excluding carboxylic acids is 1. The first-order valence-electron chi connectivity index (χ1n) is 6.62. The molecule has 2 atom stereocenters. The first-order valence-corrected chi connectivity index (χ1v) is 7.44. The van der Waals surface area contributed by atoms with Crippen LogP contribution in [0.2, 0.25) is 0 Å². The van der Waals surface area contributed by atoms with E-state index in [4.69, 9.17) is 5.11 Å². The monoisotopic (exact) mass is 297 g/mol. The predicted molar refractivity (Wildman–Crippen MR) is 74.3 cm³/mol. The molecular weight excluding hydrogens is 278 g/mol. The van der Waals surface area contributed by atoms with Crippen molar-refractivity contribution in [1.29, 1.82) is 0 Å². The highest BCUT2D eigenvalue weighted by atomic mass is 32.1. The highest BCUT2D eigenvalue weighted by molar-refractivity contribution is 7.11. The first-order chi connectivity index (χ1) is 9.29. The molecule has 0 radical (unpaired) electrons. The zero-order valence-corrected chi connectivity index (χ0v) is 12.7. The molecule has 1 heterocycles. The van der Waals surface area contributed by atoms with Crippen molar-refractivity contribution in [3.8, 4) is 0 Å². The lowest BCUT2D eigenvalue weighted by Crippen LogP contribution is -2.43. The van der Waals surface area contributed by atoms with Crippen LogP contribution in [0.4, 0.5) is 0 Å². The van der Waals surface area contributed by atoms with Gasteiger partial charge in [-0.1, -0.05) is 32.1 Å². The first kappa shape index (κ1) is 14.9. The molecule has 1 amide bonds. The van der Waals surface area contributed by atoms with Gasteiger partial charge in [0, 0.05) is 5.41 Å². The van der Waals surface area contributed by atoms with Crippen LogP contribution >= 0.6 is 11.3 Å². The number of nitrogens with one attached hydrogen (secondary N) is 1. The topological polar surface area (TPSA) is 92.2 Å². The second-order valence-electron chi connectivity index (χ2n) is 6.10. The summed E-state index contributed by atoms with van der Waals surface area (Å²) in [6, 6.07) is 0. The zero-order valence-electron chi connectivity index (χ0n) is 11.8. The van der Waals surface area contributed by atoms with Gasteiger partial charge in [-0.2, -0.15) is 0 Å². The summed E-state index contributed by atoms with van der Waals surface area (Å²) in [5.74, 6) is -2.02. The van der Waals surface area contributed by atoms with Crippen LogP contribution in [-0.4, -0.2) is 27.2 Å². The molecule has 0 aliphatic heterocycles. The summed E-state index contributed by atoms with van der Waals surface area (Å²) in [7, 11) is 0. The fraction of sp³-hybridized carbons (Fsp3) is 0.692. The lowest BCUT2D eigenvalue weighted by Gasteiger charge is -2.31. The highest BCUT2D eigenvalue weighted by Crippen LogP contribution is 2.34. The molecule has 0 spiro atoms. The molecule has 0 aromatic carbocycles. The summed E-state index contributed by atoms with van der Waals surface area (Å²) in [4.78, 5) is 22.8. The average Bonchev–Trinajstić information content (AvgIpc) is 2.71. The molecule has 1 saturated carbocycles. The van der Waals surface area contributed by atoms with Crippen LogP contribution in [0.25, 0.3) is 0 Å². The van der Waals surface area contributed by atoms with Crippen LogP contribution in [0.5, 0.6) is 0 Å². The Morgan fingerprint density at radius 2 is 1.95 bits per heavy atom. The van der Waals surface area contributed by atoms with Crippen molar-refractivity contribution >= 4 is 23.2 Å². The number of aromatic nitrogens is 2. The molecule has 1 aromatic rings. The minimum absolute atomic E-state index is 0.0533. The number of carbonyl (C=O) groups is 2. The Hall–Kier alpha value is -1.50. The summed E-state index contributed by atoms with van der Waals surface area (Å²) in [6.07, 6.45) is 1.23. The second kappa shape index (κ2) is 5.47. The summed E-state index contributed by atoms with van der Waals surface area (Å²) in [6.45, 7) is 6.49. The number of carboxylic acid groups (broad SMARTS) is 1. The van der Waals surface area contributed by atoms with E-state index in [1.807, 2.05) is 0 Å². The third-order valence-electron chi connectivity index (χ3n) is 3.45. The third-order valence-corrected chi connectivity index (χ3v) is 4.80. The second-order valence-corrected chi connectivity index (χ2v) is 7.16. The van der Waals surface area contributed by atoms with E-state index >= 15 is 0 Å². The minimum Gasteiger partial charge on any atom is -0.481 e. The Balaban J connectivity index is 1.88. The van der Waals surface area contributed by atoms with Gasteiger partial charge in [-0.05, 0) is 12.8 Å². The molecule has 0 bridgehead atoms. The molecule has 7 heteroatoms. The van der Waals surface area contributed by atoms with Crippen LogP contribution in [0, 0.1) is 11.8 Å². The van der Waals surface area contributed by atoms with E-state index < -0.39 is 17.8 Å². The normalized spacial score (nSPS) is 22.1. The molecule has 1 fully saturated rings. The Morgan fingerprint density at radius 1 is 1.30 bits per heavy atom. The number of hydrogen-bond acceptors (Lipinski definition) is 5. The van der Waals surface area contributed by atoms with Crippen LogP contribution in [-0.2, 0) is 21.5 Å². The van der Waals surface area contributed by atoms with Crippen molar-refractivity contribution in [1.82, 2.24) is 15.5 Å². The Morgan fingerprint density at radius 3 is 2.40 bits per heavy atom. The lowest BCUT2D eigenvalue weighted by molar-refractivity contribution is -0.152. The smallest absolute Gasteiger partial charge is 0.307 e. The van der Waals surface area contributed by atoms with E-state index in [1.165, 1.54) is 11.3 Å². The molecule has 1 aliphatic rings. The molecule has 0 saturated heterocycles. The third kappa shape index (κ3) is 3.15. The van der Waals surface area contributed by atoms with Gasteiger partial charge in [0.2, 0.25) is 5.91 Å². The predicted octanol–water partition coefficient (Wildman–Crippen LogP) is 1.56. The number of nitrogens with zero attached hydrogens (tertiary/aromatic N) is 2. The Bertz CT molecular complexity index is 521. The fourth-order valence-electron chi connectivity index (χ4n) is 2.03. The van der Waals surface area contributed by atoms with Crippen LogP contribution in [0.15, 0.2) is 0 Å². The van der Waals surface area contributed by atoms with Crippen molar-refractivity contribution < 1.29 is 14.7 Å². The molecule has 1 aromatic heterocycles. The van der Waals surface area contributed by atoms with Crippen LogP contribution in [0.3, 0.4) is 0 Å². The number of rotatable bonds is 4. The number of hydrogen-bond donors (Lipinski definition) is 2. The number of aliphatic carboxylic acids is 1. The Kier molecular flexibility index (Phi) is 4.08. The molecule has 110 valence electrons. The lowest BCUT2D eigenvalue weighted by atomic mass is 9.73. The van der Waals surface area contributed by atoms with Gasteiger partial charge in [0.1, 0.15) is 10.0 Å². The zero-order chi connectivity index (χ0) is 14.9. The number of carboxylic acids is 1. The van der Waals surface area contributed by atoms with Crippen molar-refractivity contribution in [2.75, 3.05) is 0 Å². The van der Waals surface area contributed by atoms with E-state index in [0.29, 0.717) is 19.4 Å². The molecular formula is C13H19N3O3S. The largest absolute Gasteiger partial charge is 0.481 e. The SMILES string of the molecule is CC(C)(C)c1nnc(CNC(=O)C2CCC2C(=O)O)s1. The molecule has 2 N–H and O–H groups in total. The standard InChI is InChI=1S/C13H19N3O3S/c1-13(2,3)12-16-15-9(20-12)6-14-10(17)7-4-5-8(7)11(18)19/h7-8H,4-6H2,1-3H3,(H,14,17)(H,18,19). The van der Waals surface area contributed by atoms with E-state index in [1.54, 1.807) is 0 Å². The van der Waals surface area contributed by atoms with Gasteiger partial charge in [0.05, 0.1) is 18.4 Å². The van der Waals surface area contributed by atoms with Crippen molar-refractivity contribution in [2.24, 2.45) is 11.8 Å². The maximum absolute atomic E-state index is 11.9. The van der Waals surface area contributed by atoms with Crippen molar-refractivity contribution in [3.05, 3.63) is 10.0 Å². The summed E-state index contributed by atoms with van der Waals surface area (Å²) >= 11 is 1.47. The van der Waals surface area contributed by atoms with Gasteiger partial charge in [0.25, 0.3) is 0 Å². The maximum atomic E-state index is 11.9. The van der Waals surface area contributed by atoms with Gasteiger partial charge >= 0.3 is 5.97 Å².